The van der Waals surface area contributed by atoms with Crippen molar-refractivity contribution in [2.24, 2.45) is 11.7 Å². The molecule has 1 aliphatic rings. The number of nitrogens with zero attached hydrogens (tertiary/aromatic N) is 1. The van der Waals surface area contributed by atoms with Crippen LogP contribution in [0, 0.1) is 5.92 Å². The summed E-state index contributed by atoms with van der Waals surface area (Å²) in [5.74, 6) is 0.807. The summed E-state index contributed by atoms with van der Waals surface area (Å²) in [6.07, 6.45) is 5.56. The maximum absolute atomic E-state index is 6.37. The highest BCUT2D eigenvalue weighted by Gasteiger charge is 2.20. The normalized spacial score (nSPS) is 19.3. The summed E-state index contributed by atoms with van der Waals surface area (Å²) >= 11 is 1.88. The van der Waals surface area contributed by atoms with E-state index in [0.717, 1.165) is 25.2 Å². The molecule has 1 aromatic carbocycles. The molecule has 3 rings (SSSR count). The van der Waals surface area contributed by atoms with Gasteiger partial charge in [-0.25, -0.2) is 4.98 Å². The second-order valence-corrected chi connectivity index (χ2v) is 7.40. The Morgan fingerprint density at radius 1 is 1.33 bits per heavy atom. The predicted molar refractivity (Wildman–Crippen MR) is 89.8 cm³/mol. The standard InChI is InChI=1S/C18H24N2S/c1-3-13-5-7-14(8-6-13)15(19)11-18-20-16-9-4-12(2)10-17(16)21-18/h5-8,12,15H,3-4,9-11,19H2,1-2H3. The van der Waals surface area contributed by atoms with Crippen LogP contribution >= 0.6 is 11.3 Å². The maximum Gasteiger partial charge on any atom is 0.0950 e. The van der Waals surface area contributed by atoms with Gasteiger partial charge in [-0.2, -0.15) is 0 Å². The molecule has 2 atom stereocenters. The molecule has 3 heteroatoms. The van der Waals surface area contributed by atoms with Crippen molar-refractivity contribution in [1.29, 1.82) is 0 Å². The van der Waals surface area contributed by atoms with Crippen LogP contribution in [0.25, 0.3) is 0 Å². The fourth-order valence-electron chi connectivity index (χ4n) is 2.99. The molecule has 0 bridgehead atoms. The highest BCUT2D eigenvalue weighted by atomic mass is 32.1. The minimum Gasteiger partial charge on any atom is -0.324 e. The molecule has 2 N–H and O–H groups in total. The van der Waals surface area contributed by atoms with Crippen molar-refractivity contribution in [1.82, 2.24) is 4.98 Å². The van der Waals surface area contributed by atoms with Gasteiger partial charge in [-0.3, -0.25) is 0 Å². The lowest BCUT2D eigenvalue weighted by Gasteiger charge is -2.15. The number of fused-ring (bicyclic) bond motifs is 1. The molecule has 0 saturated carbocycles. The lowest BCUT2D eigenvalue weighted by molar-refractivity contribution is 0.501. The first-order valence-electron chi connectivity index (χ1n) is 7.97. The highest BCUT2D eigenvalue weighted by Crippen LogP contribution is 2.31. The fourth-order valence-corrected chi connectivity index (χ4v) is 4.32. The average molecular weight is 300 g/mol. The van der Waals surface area contributed by atoms with Crippen LogP contribution in [0.1, 0.15) is 53.0 Å². The van der Waals surface area contributed by atoms with E-state index in [9.17, 15) is 0 Å². The molecule has 1 aromatic heterocycles. The van der Waals surface area contributed by atoms with E-state index in [0.29, 0.717) is 0 Å². The zero-order valence-corrected chi connectivity index (χ0v) is 13.7. The number of aromatic nitrogens is 1. The topological polar surface area (TPSA) is 38.9 Å². The van der Waals surface area contributed by atoms with Crippen LogP contribution in [0.4, 0.5) is 0 Å². The van der Waals surface area contributed by atoms with Gasteiger partial charge >= 0.3 is 0 Å². The Morgan fingerprint density at radius 3 is 2.81 bits per heavy atom. The summed E-state index contributed by atoms with van der Waals surface area (Å²) in [5, 5.41) is 1.21. The van der Waals surface area contributed by atoms with Crippen LogP contribution in [0.3, 0.4) is 0 Å². The largest absolute Gasteiger partial charge is 0.324 e. The number of benzene rings is 1. The molecule has 2 nitrogen and oxygen atoms in total. The van der Waals surface area contributed by atoms with Crippen LogP contribution < -0.4 is 5.73 Å². The van der Waals surface area contributed by atoms with E-state index in [2.05, 4.69) is 38.1 Å². The van der Waals surface area contributed by atoms with Crippen molar-refractivity contribution < 1.29 is 0 Å². The predicted octanol–water partition coefficient (Wildman–Crippen LogP) is 4.07. The van der Waals surface area contributed by atoms with Crippen LogP contribution in [0.5, 0.6) is 0 Å². The van der Waals surface area contributed by atoms with Gasteiger partial charge in [-0.1, -0.05) is 38.1 Å². The minimum atomic E-state index is 0.0564. The zero-order chi connectivity index (χ0) is 14.8. The zero-order valence-electron chi connectivity index (χ0n) is 12.9. The average Bonchev–Trinajstić information content (AvgIpc) is 2.88. The van der Waals surface area contributed by atoms with Crippen molar-refractivity contribution in [3.05, 3.63) is 51.0 Å². The Kier molecular flexibility index (Phi) is 4.41. The monoisotopic (exact) mass is 300 g/mol. The van der Waals surface area contributed by atoms with Crippen LogP contribution in [0.15, 0.2) is 24.3 Å². The van der Waals surface area contributed by atoms with Crippen molar-refractivity contribution in [3.8, 4) is 0 Å². The number of aryl methyl sites for hydroxylation is 2. The second kappa shape index (κ2) is 6.29. The molecular weight excluding hydrogens is 276 g/mol. The molecule has 1 aliphatic carbocycles. The third-order valence-electron chi connectivity index (χ3n) is 4.44. The van der Waals surface area contributed by atoms with E-state index in [-0.39, 0.29) is 6.04 Å². The third-order valence-corrected chi connectivity index (χ3v) is 5.58. The van der Waals surface area contributed by atoms with E-state index in [1.807, 2.05) is 11.3 Å². The summed E-state index contributed by atoms with van der Waals surface area (Å²) in [6.45, 7) is 4.51. The lowest BCUT2D eigenvalue weighted by atomic mass is 9.93. The molecule has 21 heavy (non-hydrogen) atoms. The third kappa shape index (κ3) is 3.35. The van der Waals surface area contributed by atoms with E-state index >= 15 is 0 Å². The maximum atomic E-state index is 6.37. The first-order chi connectivity index (χ1) is 10.2. The Bertz CT molecular complexity index is 600. The van der Waals surface area contributed by atoms with Gasteiger partial charge in [0.2, 0.25) is 0 Å². The van der Waals surface area contributed by atoms with E-state index < -0.39 is 0 Å². The van der Waals surface area contributed by atoms with E-state index in [1.165, 1.54) is 39.5 Å². The van der Waals surface area contributed by atoms with Crippen molar-refractivity contribution in [2.75, 3.05) is 0 Å². The Morgan fingerprint density at radius 2 is 2.10 bits per heavy atom. The van der Waals surface area contributed by atoms with Gasteiger partial charge < -0.3 is 5.73 Å². The lowest BCUT2D eigenvalue weighted by Crippen LogP contribution is -2.13. The summed E-state index contributed by atoms with van der Waals surface area (Å²) < 4.78 is 0. The molecule has 2 unspecified atom stereocenters. The van der Waals surface area contributed by atoms with Gasteiger partial charge in [0, 0.05) is 17.3 Å². The number of rotatable bonds is 4. The fraction of sp³-hybridized carbons (Fsp3) is 0.500. The molecule has 1 heterocycles. The second-order valence-electron chi connectivity index (χ2n) is 6.23. The van der Waals surface area contributed by atoms with E-state index in [1.54, 1.807) is 0 Å². The van der Waals surface area contributed by atoms with Gasteiger partial charge in [0.05, 0.1) is 10.7 Å². The Hall–Kier alpha value is -1.19. The Balaban J connectivity index is 1.70. The first kappa shape index (κ1) is 14.7. The van der Waals surface area contributed by atoms with Crippen LogP contribution in [-0.2, 0) is 25.7 Å². The van der Waals surface area contributed by atoms with Crippen LogP contribution in [0.2, 0.25) is 0 Å². The quantitative estimate of drug-likeness (QED) is 0.924. The highest BCUT2D eigenvalue weighted by molar-refractivity contribution is 7.11. The van der Waals surface area contributed by atoms with Gasteiger partial charge in [0.1, 0.15) is 0 Å². The molecule has 0 spiro atoms. The molecule has 0 aliphatic heterocycles. The summed E-state index contributed by atoms with van der Waals surface area (Å²) in [5.41, 5.74) is 10.3. The van der Waals surface area contributed by atoms with E-state index in [4.69, 9.17) is 10.7 Å². The SMILES string of the molecule is CCc1ccc(C(N)Cc2nc3c(s2)CC(C)CC3)cc1. The van der Waals surface area contributed by atoms with Gasteiger partial charge in [-0.05, 0) is 42.7 Å². The number of hydrogen-bond donors (Lipinski definition) is 1. The molecule has 0 fully saturated rings. The molecule has 2 aromatic rings. The van der Waals surface area contributed by atoms with Crippen molar-refractivity contribution >= 4 is 11.3 Å². The molecule has 0 saturated heterocycles. The summed E-state index contributed by atoms with van der Waals surface area (Å²) in [7, 11) is 0. The molecule has 0 amide bonds. The Labute approximate surface area is 131 Å². The number of nitrogens with two attached hydrogens (primary N) is 1. The van der Waals surface area contributed by atoms with Crippen LogP contribution in [-0.4, -0.2) is 4.98 Å². The summed E-state index contributed by atoms with van der Waals surface area (Å²) in [4.78, 5) is 6.32. The molecule has 112 valence electrons. The van der Waals surface area contributed by atoms with Crippen molar-refractivity contribution in [2.45, 2.75) is 52.0 Å². The van der Waals surface area contributed by atoms with Gasteiger partial charge in [-0.15, -0.1) is 11.3 Å². The number of thiazole rings is 1. The summed E-state index contributed by atoms with van der Waals surface area (Å²) in [6, 6.07) is 8.76. The van der Waals surface area contributed by atoms with Gasteiger partial charge in [0.15, 0.2) is 0 Å². The minimum absolute atomic E-state index is 0.0564. The van der Waals surface area contributed by atoms with Crippen molar-refractivity contribution in [3.63, 3.8) is 0 Å². The van der Waals surface area contributed by atoms with Gasteiger partial charge in [0.25, 0.3) is 0 Å². The molecular formula is C18H24N2S. The molecule has 0 radical (unpaired) electrons. The smallest absolute Gasteiger partial charge is 0.0950 e. The number of hydrogen-bond acceptors (Lipinski definition) is 3. The first-order valence-corrected chi connectivity index (χ1v) is 8.79.